The number of Topliss-reactive ketones (excluding diaryl/α,β-unsaturated/α-hetero) is 1. The molecule has 0 saturated heterocycles. The van der Waals surface area contributed by atoms with E-state index < -0.39 is 41.1 Å². The van der Waals surface area contributed by atoms with Crippen molar-refractivity contribution in [2.24, 2.45) is 11.8 Å². The van der Waals surface area contributed by atoms with Gasteiger partial charge < -0.3 is 24.1 Å². The van der Waals surface area contributed by atoms with Crippen LogP contribution in [0.5, 0.6) is 11.5 Å². The van der Waals surface area contributed by atoms with Gasteiger partial charge >= 0.3 is 11.9 Å². The SMILES string of the molecule is CCCOc1ccc([C@H]2[C@@H](C(=O)OC)C(=O)C[C@@](C)(O)[C@@H]2C(=O)OC)cc1OC. The zero-order valence-electron chi connectivity index (χ0n) is 17.4. The number of carbonyl (C=O) groups is 3. The zero-order chi connectivity index (χ0) is 21.8. The summed E-state index contributed by atoms with van der Waals surface area (Å²) in [6.45, 7) is 3.85. The van der Waals surface area contributed by atoms with Crippen LogP contribution >= 0.6 is 0 Å². The maximum atomic E-state index is 12.7. The second-order valence-corrected chi connectivity index (χ2v) is 7.29. The molecule has 8 heteroatoms. The highest BCUT2D eigenvalue weighted by molar-refractivity contribution is 6.02. The van der Waals surface area contributed by atoms with Crippen LogP contribution in [0.2, 0.25) is 0 Å². The predicted molar refractivity (Wildman–Crippen MR) is 103 cm³/mol. The summed E-state index contributed by atoms with van der Waals surface area (Å²) in [6.07, 6.45) is 0.442. The van der Waals surface area contributed by atoms with Crippen molar-refractivity contribution in [1.82, 2.24) is 0 Å². The quantitative estimate of drug-likeness (QED) is 0.538. The first-order chi connectivity index (χ1) is 13.7. The third-order valence-electron chi connectivity index (χ3n) is 5.21. The molecule has 160 valence electrons. The van der Waals surface area contributed by atoms with Crippen LogP contribution in [0, 0.1) is 11.8 Å². The molecule has 0 aliphatic heterocycles. The first kappa shape index (κ1) is 22.7. The Kier molecular flexibility index (Phi) is 7.24. The van der Waals surface area contributed by atoms with E-state index in [1.54, 1.807) is 18.2 Å². The number of ether oxygens (including phenoxy) is 4. The molecule has 1 N–H and O–H groups in total. The normalized spacial score (nSPS) is 26.6. The fraction of sp³-hybridized carbons (Fsp3) is 0.571. The Bertz CT molecular complexity index is 770. The van der Waals surface area contributed by atoms with E-state index in [-0.39, 0.29) is 6.42 Å². The largest absolute Gasteiger partial charge is 0.493 e. The van der Waals surface area contributed by atoms with Crippen molar-refractivity contribution in [3.63, 3.8) is 0 Å². The van der Waals surface area contributed by atoms with Gasteiger partial charge in [-0.1, -0.05) is 13.0 Å². The van der Waals surface area contributed by atoms with Gasteiger partial charge in [0, 0.05) is 12.3 Å². The second-order valence-electron chi connectivity index (χ2n) is 7.29. The van der Waals surface area contributed by atoms with Gasteiger partial charge in [0.05, 0.1) is 39.5 Å². The van der Waals surface area contributed by atoms with Gasteiger partial charge in [-0.25, -0.2) is 0 Å². The lowest BCUT2D eigenvalue weighted by Gasteiger charge is -2.43. The minimum absolute atomic E-state index is 0.363. The Balaban J connectivity index is 2.63. The number of carbonyl (C=O) groups excluding carboxylic acids is 3. The van der Waals surface area contributed by atoms with E-state index >= 15 is 0 Å². The molecule has 1 aromatic rings. The molecule has 0 unspecified atom stereocenters. The molecule has 1 aromatic carbocycles. The van der Waals surface area contributed by atoms with Gasteiger partial charge in [-0.3, -0.25) is 14.4 Å². The van der Waals surface area contributed by atoms with Crippen molar-refractivity contribution in [3.8, 4) is 11.5 Å². The van der Waals surface area contributed by atoms with Crippen LogP contribution < -0.4 is 9.47 Å². The second kappa shape index (κ2) is 9.26. The van der Waals surface area contributed by atoms with Crippen molar-refractivity contribution in [2.45, 2.75) is 38.2 Å². The van der Waals surface area contributed by atoms with Crippen LogP contribution in [0.3, 0.4) is 0 Å². The molecule has 4 atom stereocenters. The number of rotatable bonds is 7. The fourth-order valence-corrected chi connectivity index (χ4v) is 3.89. The summed E-state index contributed by atoms with van der Waals surface area (Å²) in [5.41, 5.74) is -1.23. The van der Waals surface area contributed by atoms with Gasteiger partial charge in [-0.2, -0.15) is 0 Å². The summed E-state index contributed by atoms with van der Waals surface area (Å²) < 4.78 is 20.8. The molecule has 1 fully saturated rings. The van der Waals surface area contributed by atoms with Crippen LogP contribution in [0.4, 0.5) is 0 Å². The summed E-state index contributed by atoms with van der Waals surface area (Å²) in [4.78, 5) is 37.8. The Hall–Kier alpha value is -2.61. The minimum atomic E-state index is -1.69. The summed E-state index contributed by atoms with van der Waals surface area (Å²) in [6, 6.07) is 4.91. The van der Waals surface area contributed by atoms with Gasteiger partial charge in [0.15, 0.2) is 17.3 Å². The van der Waals surface area contributed by atoms with Crippen molar-refractivity contribution in [2.75, 3.05) is 27.9 Å². The number of ketones is 1. The van der Waals surface area contributed by atoms with Crippen molar-refractivity contribution in [3.05, 3.63) is 23.8 Å². The third-order valence-corrected chi connectivity index (χ3v) is 5.21. The highest BCUT2D eigenvalue weighted by Gasteiger charge is 2.57. The van der Waals surface area contributed by atoms with Crippen LogP contribution in [0.15, 0.2) is 18.2 Å². The van der Waals surface area contributed by atoms with Gasteiger partial charge in [-0.05, 0) is 31.0 Å². The Labute approximate surface area is 170 Å². The standard InChI is InChI=1S/C21H28O8/c1-6-9-29-14-8-7-12(10-15(14)26-3)16-17(19(23)27-4)13(22)11-21(2,25)18(16)20(24)28-5/h7-8,10,16-18,25H,6,9,11H2,1-5H3/t16-,17-,18-,21+/m0/s1. The van der Waals surface area contributed by atoms with Crippen molar-refractivity contribution < 1.29 is 38.4 Å². The van der Waals surface area contributed by atoms with Crippen molar-refractivity contribution in [1.29, 1.82) is 0 Å². The van der Waals surface area contributed by atoms with E-state index in [1.165, 1.54) is 28.3 Å². The van der Waals surface area contributed by atoms with Crippen LogP contribution in [0.1, 0.15) is 38.2 Å². The van der Waals surface area contributed by atoms with Gasteiger partial charge in [0.1, 0.15) is 5.92 Å². The van der Waals surface area contributed by atoms with E-state index in [1.807, 2.05) is 6.92 Å². The Morgan fingerprint density at radius 2 is 1.79 bits per heavy atom. The summed E-state index contributed by atoms with van der Waals surface area (Å²) in [5.74, 6) is -4.49. The number of benzene rings is 1. The predicted octanol–water partition coefficient (Wildman–Crippen LogP) is 1.87. The lowest BCUT2D eigenvalue weighted by molar-refractivity contribution is -0.170. The number of aliphatic hydroxyl groups is 1. The van der Waals surface area contributed by atoms with Crippen LogP contribution in [-0.2, 0) is 23.9 Å². The maximum absolute atomic E-state index is 12.7. The molecule has 0 heterocycles. The molecule has 0 amide bonds. The molecular formula is C21H28O8. The van der Waals surface area contributed by atoms with Gasteiger partial charge in [0.25, 0.3) is 0 Å². The maximum Gasteiger partial charge on any atom is 0.316 e. The average Bonchev–Trinajstić information content (AvgIpc) is 2.69. The summed E-state index contributed by atoms with van der Waals surface area (Å²) in [5, 5.41) is 10.9. The molecular weight excluding hydrogens is 380 g/mol. The number of hydrogen-bond donors (Lipinski definition) is 1. The summed E-state index contributed by atoms with van der Waals surface area (Å²) in [7, 11) is 3.84. The number of methoxy groups -OCH3 is 3. The molecule has 29 heavy (non-hydrogen) atoms. The van der Waals surface area contributed by atoms with E-state index in [0.717, 1.165) is 6.42 Å². The molecule has 8 nitrogen and oxygen atoms in total. The summed E-state index contributed by atoms with van der Waals surface area (Å²) >= 11 is 0. The highest BCUT2D eigenvalue weighted by atomic mass is 16.5. The van der Waals surface area contributed by atoms with E-state index in [9.17, 15) is 19.5 Å². The fourth-order valence-electron chi connectivity index (χ4n) is 3.89. The van der Waals surface area contributed by atoms with Crippen LogP contribution in [0.25, 0.3) is 0 Å². The van der Waals surface area contributed by atoms with E-state index in [2.05, 4.69) is 0 Å². The number of hydrogen-bond acceptors (Lipinski definition) is 8. The Morgan fingerprint density at radius 3 is 2.34 bits per heavy atom. The van der Waals surface area contributed by atoms with Crippen molar-refractivity contribution >= 4 is 17.7 Å². The first-order valence-corrected chi connectivity index (χ1v) is 9.43. The molecule has 1 aliphatic carbocycles. The molecule has 0 radical (unpaired) electrons. The number of esters is 2. The average molecular weight is 408 g/mol. The van der Waals surface area contributed by atoms with Gasteiger partial charge in [0.2, 0.25) is 0 Å². The lowest BCUT2D eigenvalue weighted by atomic mass is 9.61. The van der Waals surface area contributed by atoms with E-state index in [4.69, 9.17) is 18.9 Å². The Morgan fingerprint density at radius 1 is 1.14 bits per heavy atom. The van der Waals surface area contributed by atoms with E-state index in [0.29, 0.717) is 23.7 Å². The van der Waals surface area contributed by atoms with Gasteiger partial charge in [-0.15, -0.1) is 0 Å². The zero-order valence-corrected chi connectivity index (χ0v) is 17.4. The smallest absolute Gasteiger partial charge is 0.316 e. The molecule has 1 aliphatic rings. The first-order valence-electron chi connectivity index (χ1n) is 9.43. The molecule has 0 bridgehead atoms. The molecule has 1 saturated carbocycles. The van der Waals surface area contributed by atoms with Crippen LogP contribution in [-0.4, -0.2) is 56.4 Å². The lowest BCUT2D eigenvalue weighted by Crippen LogP contribution is -2.55. The molecule has 0 aromatic heterocycles. The minimum Gasteiger partial charge on any atom is -0.493 e. The topological polar surface area (TPSA) is 108 Å². The molecule has 0 spiro atoms. The molecule has 2 rings (SSSR count). The monoisotopic (exact) mass is 408 g/mol. The highest BCUT2D eigenvalue weighted by Crippen LogP contribution is 2.48. The third kappa shape index (κ3) is 4.53.